The zero-order valence-corrected chi connectivity index (χ0v) is 17.0. The molecule has 2 aromatic carbocycles. The number of hydrogen-bond acceptors (Lipinski definition) is 4. The number of nitrogens with one attached hydrogen (secondary N) is 1. The van der Waals surface area contributed by atoms with E-state index in [2.05, 4.69) is 10.3 Å². The second kappa shape index (κ2) is 7.87. The third kappa shape index (κ3) is 3.34. The van der Waals surface area contributed by atoms with E-state index in [0.29, 0.717) is 28.0 Å². The van der Waals surface area contributed by atoms with E-state index in [1.165, 1.54) is 10.6 Å². The molecule has 0 fully saturated rings. The van der Waals surface area contributed by atoms with Crippen LogP contribution in [0.2, 0.25) is 0 Å². The Balaban J connectivity index is 1.83. The Morgan fingerprint density at radius 1 is 1.10 bits per heavy atom. The summed E-state index contributed by atoms with van der Waals surface area (Å²) in [5.41, 5.74) is 1.55. The molecular formula is C23H22N4O3. The van der Waals surface area contributed by atoms with Crippen LogP contribution in [0.15, 0.2) is 71.8 Å². The minimum atomic E-state index is -0.559. The number of carbonyl (C=O) groups excluding carboxylic acids is 1. The molecule has 7 heteroatoms. The zero-order chi connectivity index (χ0) is 21.3. The Labute approximate surface area is 173 Å². The van der Waals surface area contributed by atoms with Gasteiger partial charge in [-0.25, -0.2) is 4.98 Å². The molecule has 4 aromatic rings. The number of fused-ring (bicyclic) bond motifs is 1. The lowest BCUT2D eigenvalue weighted by Gasteiger charge is -2.21. The Kier molecular flexibility index (Phi) is 5.10. The second-order valence-corrected chi connectivity index (χ2v) is 7.02. The summed E-state index contributed by atoms with van der Waals surface area (Å²) in [6.45, 7) is 0. The number of para-hydroxylation sites is 2. The quantitative estimate of drug-likeness (QED) is 0.557. The summed E-state index contributed by atoms with van der Waals surface area (Å²) >= 11 is 0. The van der Waals surface area contributed by atoms with Crippen LogP contribution in [-0.2, 0) is 14.1 Å². The fourth-order valence-electron chi connectivity index (χ4n) is 3.65. The minimum Gasteiger partial charge on any atom is -0.496 e. The van der Waals surface area contributed by atoms with Gasteiger partial charge in [-0.1, -0.05) is 36.4 Å². The maximum atomic E-state index is 13.4. The van der Waals surface area contributed by atoms with Crippen molar-refractivity contribution in [3.8, 4) is 5.75 Å². The summed E-state index contributed by atoms with van der Waals surface area (Å²) in [4.78, 5) is 30.3. The van der Waals surface area contributed by atoms with E-state index in [4.69, 9.17) is 4.74 Å². The highest BCUT2D eigenvalue weighted by atomic mass is 16.5. The predicted octanol–water partition coefficient (Wildman–Crippen LogP) is 2.80. The van der Waals surface area contributed by atoms with Crippen LogP contribution in [0.25, 0.3) is 10.9 Å². The fourth-order valence-corrected chi connectivity index (χ4v) is 3.65. The molecule has 0 saturated carbocycles. The van der Waals surface area contributed by atoms with E-state index in [9.17, 15) is 9.59 Å². The van der Waals surface area contributed by atoms with Gasteiger partial charge in [-0.2, -0.15) is 0 Å². The number of aromatic nitrogens is 3. The predicted molar refractivity (Wildman–Crippen MR) is 115 cm³/mol. The Morgan fingerprint density at radius 2 is 1.83 bits per heavy atom. The minimum absolute atomic E-state index is 0.246. The zero-order valence-electron chi connectivity index (χ0n) is 17.0. The lowest BCUT2D eigenvalue weighted by atomic mass is 10.0. The maximum absolute atomic E-state index is 13.4. The summed E-state index contributed by atoms with van der Waals surface area (Å²) in [6, 6.07) is 15.6. The number of nitrogens with zero attached hydrogens (tertiary/aromatic N) is 3. The molecule has 152 valence electrons. The van der Waals surface area contributed by atoms with E-state index in [1.807, 2.05) is 66.3 Å². The van der Waals surface area contributed by atoms with Gasteiger partial charge in [0.1, 0.15) is 17.6 Å². The average molecular weight is 402 g/mol. The monoisotopic (exact) mass is 402 g/mol. The molecule has 0 aliphatic heterocycles. The van der Waals surface area contributed by atoms with Crippen LogP contribution in [0.4, 0.5) is 0 Å². The number of amides is 1. The lowest BCUT2D eigenvalue weighted by molar-refractivity contribution is 0.0942. The van der Waals surface area contributed by atoms with Crippen molar-refractivity contribution in [2.24, 2.45) is 14.1 Å². The SMILES string of the molecule is COc1ccccc1C(NC(=O)c1cc(=O)n(C)c2ccccc12)c1nccn1C. The normalized spacial score (nSPS) is 12.0. The Hall–Kier alpha value is -3.87. The topological polar surface area (TPSA) is 78.2 Å². The summed E-state index contributed by atoms with van der Waals surface area (Å²) in [5.74, 6) is 0.934. The van der Waals surface area contributed by atoms with Crippen LogP contribution < -0.4 is 15.6 Å². The number of carbonyl (C=O) groups is 1. The van der Waals surface area contributed by atoms with Gasteiger partial charge in [0.25, 0.3) is 11.5 Å². The molecule has 0 bridgehead atoms. The second-order valence-electron chi connectivity index (χ2n) is 7.02. The molecule has 2 aromatic heterocycles. The maximum Gasteiger partial charge on any atom is 0.253 e. The first-order valence-electron chi connectivity index (χ1n) is 9.51. The highest BCUT2D eigenvalue weighted by Gasteiger charge is 2.25. The molecule has 0 radical (unpaired) electrons. The largest absolute Gasteiger partial charge is 0.496 e. The van der Waals surface area contributed by atoms with Gasteiger partial charge in [-0.05, 0) is 12.1 Å². The van der Waals surface area contributed by atoms with Gasteiger partial charge in [0.15, 0.2) is 0 Å². The van der Waals surface area contributed by atoms with E-state index < -0.39 is 6.04 Å². The van der Waals surface area contributed by atoms with Gasteiger partial charge in [0.05, 0.1) is 18.2 Å². The van der Waals surface area contributed by atoms with E-state index in [-0.39, 0.29) is 11.5 Å². The van der Waals surface area contributed by atoms with Gasteiger partial charge in [-0.15, -0.1) is 0 Å². The van der Waals surface area contributed by atoms with Crippen molar-refractivity contribution in [3.63, 3.8) is 0 Å². The molecule has 1 N–H and O–H groups in total. The summed E-state index contributed by atoms with van der Waals surface area (Å²) in [6.07, 6.45) is 3.50. The molecule has 30 heavy (non-hydrogen) atoms. The molecule has 1 amide bonds. The van der Waals surface area contributed by atoms with Gasteiger partial charge in [0, 0.05) is 43.5 Å². The molecule has 2 heterocycles. The molecule has 1 unspecified atom stereocenters. The summed E-state index contributed by atoms with van der Waals surface area (Å²) in [7, 11) is 5.15. The summed E-state index contributed by atoms with van der Waals surface area (Å²) in [5, 5.41) is 3.76. The van der Waals surface area contributed by atoms with Crippen molar-refractivity contribution in [2.75, 3.05) is 7.11 Å². The molecule has 1 atom stereocenters. The first kappa shape index (κ1) is 19.4. The Morgan fingerprint density at radius 3 is 2.57 bits per heavy atom. The van der Waals surface area contributed by atoms with Crippen LogP contribution in [-0.4, -0.2) is 27.1 Å². The third-order valence-electron chi connectivity index (χ3n) is 5.24. The van der Waals surface area contributed by atoms with Crippen LogP contribution in [0.5, 0.6) is 5.75 Å². The number of benzene rings is 2. The average Bonchev–Trinajstić information content (AvgIpc) is 3.20. The third-order valence-corrected chi connectivity index (χ3v) is 5.24. The van der Waals surface area contributed by atoms with Crippen molar-refractivity contribution in [1.82, 2.24) is 19.4 Å². The molecule has 4 rings (SSSR count). The van der Waals surface area contributed by atoms with E-state index in [1.54, 1.807) is 20.4 Å². The van der Waals surface area contributed by atoms with Gasteiger partial charge < -0.3 is 19.2 Å². The van der Waals surface area contributed by atoms with Crippen molar-refractivity contribution in [3.05, 3.63) is 94.3 Å². The van der Waals surface area contributed by atoms with Crippen LogP contribution in [0, 0.1) is 0 Å². The first-order valence-corrected chi connectivity index (χ1v) is 9.51. The Bertz CT molecular complexity index is 1290. The van der Waals surface area contributed by atoms with E-state index in [0.717, 1.165) is 5.56 Å². The van der Waals surface area contributed by atoms with Crippen molar-refractivity contribution in [2.45, 2.75) is 6.04 Å². The lowest BCUT2D eigenvalue weighted by Crippen LogP contribution is -2.32. The van der Waals surface area contributed by atoms with E-state index >= 15 is 0 Å². The number of imidazole rings is 1. The van der Waals surface area contributed by atoms with Crippen molar-refractivity contribution in [1.29, 1.82) is 0 Å². The summed E-state index contributed by atoms with van der Waals surface area (Å²) < 4.78 is 8.89. The van der Waals surface area contributed by atoms with Gasteiger partial charge >= 0.3 is 0 Å². The molecule has 0 spiro atoms. The fraction of sp³-hybridized carbons (Fsp3) is 0.174. The van der Waals surface area contributed by atoms with Crippen LogP contribution in [0.3, 0.4) is 0 Å². The van der Waals surface area contributed by atoms with Crippen molar-refractivity contribution < 1.29 is 9.53 Å². The molecule has 0 aliphatic carbocycles. The number of ether oxygens (including phenoxy) is 1. The standard InChI is InChI=1S/C23H22N4O3/c1-26-13-12-24-22(26)21(16-9-5-7-11-19(16)30-3)25-23(29)17-14-20(28)27(2)18-10-6-4-8-15(17)18/h4-14,21H,1-3H3,(H,25,29). The van der Waals surface area contributed by atoms with Gasteiger partial charge in [-0.3, -0.25) is 9.59 Å². The van der Waals surface area contributed by atoms with Crippen LogP contribution >= 0.6 is 0 Å². The molecule has 0 saturated heterocycles. The van der Waals surface area contributed by atoms with Crippen LogP contribution in [0.1, 0.15) is 27.8 Å². The van der Waals surface area contributed by atoms with Crippen molar-refractivity contribution >= 4 is 16.8 Å². The first-order chi connectivity index (χ1) is 14.5. The number of pyridine rings is 1. The smallest absolute Gasteiger partial charge is 0.253 e. The molecule has 0 aliphatic rings. The molecule has 7 nitrogen and oxygen atoms in total. The highest BCUT2D eigenvalue weighted by molar-refractivity contribution is 6.06. The number of methoxy groups -OCH3 is 1. The number of hydrogen-bond donors (Lipinski definition) is 1. The number of aryl methyl sites for hydroxylation is 2. The highest BCUT2D eigenvalue weighted by Crippen LogP contribution is 2.29. The van der Waals surface area contributed by atoms with Gasteiger partial charge in [0.2, 0.25) is 0 Å². The molecular weight excluding hydrogens is 380 g/mol. The number of rotatable bonds is 5.